The Balaban J connectivity index is 1.70. The third-order valence-corrected chi connectivity index (χ3v) is 5.26. The third kappa shape index (κ3) is 2.34. The van der Waals surface area contributed by atoms with Gasteiger partial charge in [0.15, 0.2) is 0 Å². The normalized spacial score (nSPS) is 24.3. The Kier molecular flexibility index (Phi) is 3.66. The zero-order valence-electron chi connectivity index (χ0n) is 13.9. The fourth-order valence-corrected chi connectivity index (χ4v) is 3.85. The fourth-order valence-electron chi connectivity index (χ4n) is 3.85. The predicted octanol–water partition coefficient (Wildman–Crippen LogP) is 0.992. The number of rotatable bonds is 1. The van der Waals surface area contributed by atoms with Crippen LogP contribution in [-0.2, 0) is 4.74 Å². The molecule has 2 fully saturated rings. The van der Waals surface area contributed by atoms with Gasteiger partial charge in [-0.15, -0.1) is 0 Å². The van der Waals surface area contributed by atoms with Crippen molar-refractivity contribution in [2.75, 3.05) is 33.3 Å². The van der Waals surface area contributed by atoms with E-state index in [0.29, 0.717) is 19.7 Å². The first-order valence-corrected chi connectivity index (χ1v) is 8.29. The molecule has 2 aromatic rings. The van der Waals surface area contributed by atoms with Crippen molar-refractivity contribution in [3.8, 4) is 0 Å². The molecule has 6 heteroatoms. The van der Waals surface area contributed by atoms with Gasteiger partial charge in [0.05, 0.1) is 18.8 Å². The number of likely N-dealkylation sites (tertiary alicyclic amines) is 1. The lowest BCUT2D eigenvalue weighted by Gasteiger charge is -2.33. The van der Waals surface area contributed by atoms with Crippen LogP contribution >= 0.6 is 0 Å². The molecule has 4 rings (SSSR count). The number of ether oxygens (including phenoxy) is 1. The van der Waals surface area contributed by atoms with Crippen LogP contribution in [0.25, 0.3) is 10.9 Å². The number of carbonyl (C=O) groups excluding carboxylic acids is 1. The van der Waals surface area contributed by atoms with E-state index >= 15 is 0 Å². The van der Waals surface area contributed by atoms with E-state index in [0.717, 1.165) is 23.0 Å². The van der Waals surface area contributed by atoms with Gasteiger partial charge in [-0.1, -0.05) is 18.2 Å². The van der Waals surface area contributed by atoms with E-state index in [-0.39, 0.29) is 29.2 Å². The Morgan fingerprint density at radius 1 is 1.29 bits per heavy atom. The number of aromatic nitrogens is 1. The van der Waals surface area contributed by atoms with Gasteiger partial charge in [0, 0.05) is 30.5 Å². The summed E-state index contributed by atoms with van der Waals surface area (Å²) < 4.78 is 5.80. The molecular weight excluding hydrogens is 306 g/mol. The molecule has 6 nitrogen and oxygen atoms in total. The number of amides is 1. The molecule has 2 aliphatic heterocycles. The summed E-state index contributed by atoms with van der Waals surface area (Å²) in [7, 11) is 2.06. The van der Waals surface area contributed by atoms with E-state index < -0.39 is 0 Å². The number of hydrogen-bond acceptors (Lipinski definition) is 4. The van der Waals surface area contributed by atoms with Crippen LogP contribution in [0.1, 0.15) is 15.9 Å². The molecule has 0 saturated carbocycles. The van der Waals surface area contributed by atoms with E-state index in [4.69, 9.17) is 4.74 Å². The van der Waals surface area contributed by atoms with Crippen LogP contribution in [0, 0.1) is 6.92 Å². The first-order valence-electron chi connectivity index (χ1n) is 8.29. The summed E-state index contributed by atoms with van der Waals surface area (Å²) in [4.78, 5) is 32.3. The third-order valence-electron chi connectivity index (χ3n) is 5.26. The van der Waals surface area contributed by atoms with Crippen LogP contribution in [-0.4, -0.2) is 66.1 Å². The summed E-state index contributed by atoms with van der Waals surface area (Å²) in [5, 5.41) is 0.908. The quantitative estimate of drug-likeness (QED) is 0.848. The molecule has 2 atom stereocenters. The topological polar surface area (TPSA) is 65.6 Å². The lowest BCUT2D eigenvalue weighted by Crippen LogP contribution is -2.48. The maximum atomic E-state index is 13.0. The highest BCUT2D eigenvalue weighted by molar-refractivity contribution is 6.00. The molecule has 3 heterocycles. The maximum absolute atomic E-state index is 13.0. The average Bonchev–Trinajstić information content (AvgIpc) is 3.00. The Bertz CT molecular complexity index is 860. The molecule has 1 aromatic carbocycles. The number of aryl methyl sites for hydroxylation is 1. The highest BCUT2D eigenvalue weighted by Crippen LogP contribution is 2.24. The van der Waals surface area contributed by atoms with E-state index in [9.17, 15) is 9.59 Å². The molecule has 1 amide bonds. The minimum Gasteiger partial charge on any atom is -0.373 e. The number of para-hydroxylation sites is 1. The molecule has 0 bridgehead atoms. The number of morpholine rings is 1. The molecule has 2 saturated heterocycles. The van der Waals surface area contributed by atoms with Gasteiger partial charge in [-0.25, -0.2) is 0 Å². The summed E-state index contributed by atoms with van der Waals surface area (Å²) in [6.45, 7) is 4.55. The number of aromatic amines is 1. The summed E-state index contributed by atoms with van der Waals surface area (Å²) >= 11 is 0. The number of carbonyl (C=O) groups is 1. The smallest absolute Gasteiger partial charge is 0.261 e. The highest BCUT2D eigenvalue weighted by atomic mass is 16.5. The van der Waals surface area contributed by atoms with Crippen molar-refractivity contribution in [3.63, 3.8) is 0 Å². The second-order valence-corrected chi connectivity index (χ2v) is 6.67. The SMILES string of the molecule is Cc1c(C(=O)N2C[C@H]3OCCN(C)[C@H]3C2)c(=O)[nH]c2ccccc12. The molecule has 1 aromatic heterocycles. The summed E-state index contributed by atoms with van der Waals surface area (Å²) in [6.07, 6.45) is 0.0348. The van der Waals surface area contributed by atoms with Crippen LogP contribution in [0.4, 0.5) is 0 Å². The van der Waals surface area contributed by atoms with Gasteiger partial charge in [0.2, 0.25) is 0 Å². The van der Waals surface area contributed by atoms with E-state index in [1.54, 1.807) is 4.90 Å². The number of nitrogens with zero attached hydrogens (tertiary/aromatic N) is 2. The number of pyridine rings is 1. The number of hydrogen-bond donors (Lipinski definition) is 1. The van der Waals surface area contributed by atoms with Gasteiger partial charge in [0.25, 0.3) is 11.5 Å². The molecular formula is C18H21N3O3. The second kappa shape index (κ2) is 5.72. The lowest BCUT2D eigenvalue weighted by molar-refractivity contribution is -0.0368. The molecule has 126 valence electrons. The number of benzene rings is 1. The molecule has 0 spiro atoms. The van der Waals surface area contributed by atoms with Crippen LogP contribution in [0.15, 0.2) is 29.1 Å². The van der Waals surface area contributed by atoms with Crippen LogP contribution in [0.5, 0.6) is 0 Å². The Morgan fingerprint density at radius 3 is 2.88 bits per heavy atom. The van der Waals surface area contributed by atoms with Gasteiger partial charge in [-0.05, 0) is 25.6 Å². The van der Waals surface area contributed by atoms with Gasteiger partial charge in [-0.3, -0.25) is 14.5 Å². The molecule has 2 aliphatic rings. The van der Waals surface area contributed by atoms with Crippen molar-refractivity contribution in [2.24, 2.45) is 0 Å². The fraction of sp³-hybridized carbons (Fsp3) is 0.444. The van der Waals surface area contributed by atoms with Gasteiger partial charge >= 0.3 is 0 Å². The van der Waals surface area contributed by atoms with E-state index in [2.05, 4.69) is 16.9 Å². The van der Waals surface area contributed by atoms with Crippen molar-refractivity contribution >= 4 is 16.8 Å². The van der Waals surface area contributed by atoms with Gasteiger partial charge < -0.3 is 14.6 Å². The van der Waals surface area contributed by atoms with Crippen molar-refractivity contribution in [1.29, 1.82) is 0 Å². The summed E-state index contributed by atoms with van der Waals surface area (Å²) in [5.41, 5.74) is 1.42. The van der Waals surface area contributed by atoms with Crippen LogP contribution in [0.2, 0.25) is 0 Å². The standard InChI is InChI=1S/C18H21N3O3/c1-11-12-5-3-4-6-13(12)19-17(22)16(11)18(23)21-9-14-15(10-21)24-8-7-20(14)2/h3-6,14-15H,7-10H2,1-2H3,(H,19,22)/t14-,15+/m0/s1. The molecule has 1 N–H and O–H groups in total. The number of nitrogens with one attached hydrogen (secondary N) is 1. The average molecular weight is 327 g/mol. The number of H-pyrrole nitrogens is 1. The molecule has 0 aliphatic carbocycles. The molecule has 0 unspecified atom stereocenters. The van der Waals surface area contributed by atoms with Crippen molar-refractivity contribution in [3.05, 3.63) is 45.7 Å². The summed E-state index contributed by atoms with van der Waals surface area (Å²) in [6, 6.07) is 7.78. The van der Waals surface area contributed by atoms with Gasteiger partial charge in [0.1, 0.15) is 5.56 Å². The van der Waals surface area contributed by atoms with E-state index in [1.807, 2.05) is 31.2 Å². The minimum atomic E-state index is -0.319. The molecule has 24 heavy (non-hydrogen) atoms. The van der Waals surface area contributed by atoms with Crippen molar-refractivity contribution in [1.82, 2.24) is 14.8 Å². The van der Waals surface area contributed by atoms with E-state index in [1.165, 1.54) is 0 Å². The van der Waals surface area contributed by atoms with Crippen molar-refractivity contribution in [2.45, 2.75) is 19.1 Å². The Hall–Kier alpha value is -2.18. The van der Waals surface area contributed by atoms with Crippen LogP contribution in [0.3, 0.4) is 0 Å². The highest BCUT2D eigenvalue weighted by Gasteiger charge is 2.41. The first kappa shape index (κ1) is 15.4. The molecule has 0 radical (unpaired) electrons. The number of likely N-dealkylation sites (N-methyl/N-ethyl adjacent to an activating group) is 1. The zero-order valence-corrected chi connectivity index (χ0v) is 13.9. The monoisotopic (exact) mass is 327 g/mol. The van der Waals surface area contributed by atoms with Gasteiger partial charge in [-0.2, -0.15) is 0 Å². The Labute approximate surface area is 140 Å². The summed E-state index contributed by atoms with van der Waals surface area (Å²) in [5.74, 6) is -0.203. The second-order valence-electron chi connectivity index (χ2n) is 6.67. The van der Waals surface area contributed by atoms with Crippen molar-refractivity contribution < 1.29 is 9.53 Å². The first-order chi connectivity index (χ1) is 11.6. The van der Waals surface area contributed by atoms with Crippen LogP contribution < -0.4 is 5.56 Å². The maximum Gasteiger partial charge on any atom is 0.261 e. The predicted molar refractivity (Wildman–Crippen MR) is 91.4 cm³/mol. The largest absolute Gasteiger partial charge is 0.373 e. The zero-order chi connectivity index (χ0) is 16.8. The Morgan fingerprint density at radius 2 is 2.08 bits per heavy atom. The number of fused-ring (bicyclic) bond motifs is 2. The minimum absolute atomic E-state index is 0.0348. The lowest BCUT2D eigenvalue weighted by atomic mass is 10.0.